The van der Waals surface area contributed by atoms with E-state index in [2.05, 4.69) is 12.1 Å². The second kappa shape index (κ2) is 10.6. The molecule has 33 heavy (non-hydrogen) atoms. The van der Waals surface area contributed by atoms with Gasteiger partial charge in [-0.05, 0) is 60.5 Å². The van der Waals surface area contributed by atoms with Crippen molar-refractivity contribution in [3.8, 4) is 0 Å². The van der Waals surface area contributed by atoms with E-state index in [0.717, 1.165) is 23.4 Å². The fraction of sp³-hybridized carbons (Fsp3) is 0.320. The van der Waals surface area contributed by atoms with Crippen LogP contribution < -0.4 is 0 Å². The minimum absolute atomic E-state index is 0.0795. The Labute approximate surface area is 198 Å². The van der Waals surface area contributed by atoms with Crippen LogP contribution in [0.25, 0.3) is 0 Å². The van der Waals surface area contributed by atoms with Crippen molar-refractivity contribution < 1.29 is 17.6 Å². The molecule has 1 aliphatic rings. The fourth-order valence-electron chi connectivity index (χ4n) is 4.12. The Kier molecular flexibility index (Phi) is 7.57. The molecule has 0 saturated carbocycles. The molecule has 1 amide bonds. The van der Waals surface area contributed by atoms with Gasteiger partial charge in [-0.3, -0.25) is 4.79 Å². The Bertz CT molecular complexity index is 1140. The molecule has 5 nitrogen and oxygen atoms in total. The Morgan fingerprint density at radius 2 is 1.70 bits per heavy atom. The van der Waals surface area contributed by atoms with E-state index < -0.39 is 15.8 Å². The van der Waals surface area contributed by atoms with Crippen molar-refractivity contribution in [2.24, 2.45) is 5.92 Å². The van der Waals surface area contributed by atoms with Crippen LogP contribution in [0.1, 0.15) is 23.3 Å². The predicted octanol–water partition coefficient (Wildman–Crippen LogP) is 4.56. The summed E-state index contributed by atoms with van der Waals surface area (Å²) in [4.78, 5) is 16.6. The molecule has 2 heterocycles. The molecular weight excluding hydrogens is 459 g/mol. The maximum atomic E-state index is 13.4. The lowest BCUT2D eigenvalue weighted by molar-refractivity contribution is -0.137. The number of rotatable bonds is 8. The zero-order chi connectivity index (χ0) is 23.3. The van der Waals surface area contributed by atoms with Gasteiger partial charge in [0.05, 0.1) is 11.4 Å². The maximum absolute atomic E-state index is 13.4. The van der Waals surface area contributed by atoms with Crippen LogP contribution in [0, 0.1) is 11.7 Å². The minimum atomic E-state index is -3.69. The topological polar surface area (TPSA) is 57.7 Å². The van der Waals surface area contributed by atoms with Crippen LogP contribution in [0.2, 0.25) is 0 Å². The van der Waals surface area contributed by atoms with Crippen molar-refractivity contribution in [1.82, 2.24) is 9.21 Å². The highest BCUT2D eigenvalue weighted by atomic mass is 32.2. The highest BCUT2D eigenvalue weighted by Gasteiger charge is 2.34. The third-order valence-electron chi connectivity index (χ3n) is 6.01. The summed E-state index contributed by atoms with van der Waals surface area (Å²) < 4.78 is 40.4. The normalized spacial score (nSPS) is 15.4. The number of sulfonamides is 1. The summed E-state index contributed by atoms with van der Waals surface area (Å²) >= 11 is 1.63. The SMILES string of the molecule is O=C(C1CCN(S(=O)(=O)c2ccc(F)cc2)CC1)N(CCc1ccccc1)Cc1cccs1. The van der Waals surface area contributed by atoms with Gasteiger partial charge in [-0.15, -0.1) is 11.3 Å². The van der Waals surface area contributed by atoms with Gasteiger partial charge in [-0.2, -0.15) is 4.31 Å². The zero-order valence-corrected chi connectivity index (χ0v) is 19.9. The van der Waals surface area contributed by atoms with Crippen LogP contribution in [0.3, 0.4) is 0 Å². The third-order valence-corrected chi connectivity index (χ3v) is 8.78. The molecule has 0 unspecified atom stereocenters. The van der Waals surface area contributed by atoms with Gasteiger partial charge in [-0.25, -0.2) is 12.8 Å². The second-order valence-corrected chi connectivity index (χ2v) is 11.2. The minimum Gasteiger partial charge on any atom is -0.337 e. The monoisotopic (exact) mass is 486 g/mol. The lowest BCUT2D eigenvalue weighted by Gasteiger charge is -2.33. The quantitative estimate of drug-likeness (QED) is 0.469. The number of amides is 1. The van der Waals surface area contributed by atoms with Crippen molar-refractivity contribution >= 4 is 27.3 Å². The van der Waals surface area contributed by atoms with Crippen molar-refractivity contribution in [3.63, 3.8) is 0 Å². The molecule has 0 spiro atoms. The number of halogens is 1. The highest BCUT2D eigenvalue weighted by Crippen LogP contribution is 2.26. The first-order valence-electron chi connectivity index (χ1n) is 11.0. The number of benzene rings is 2. The standard InChI is InChI=1S/C25H27FN2O3S2/c26-22-8-10-24(11-9-22)33(30,31)28-16-13-21(14-17-28)25(29)27(19-23-7-4-18-32-23)15-12-20-5-2-1-3-6-20/h1-11,18,21H,12-17,19H2. The third kappa shape index (κ3) is 5.88. The molecule has 0 bridgehead atoms. The Morgan fingerprint density at radius 3 is 2.33 bits per heavy atom. The summed E-state index contributed by atoms with van der Waals surface area (Å²) in [5.74, 6) is -0.599. The molecule has 1 fully saturated rings. The van der Waals surface area contributed by atoms with Crippen molar-refractivity contribution in [1.29, 1.82) is 0 Å². The molecule has 2 aromatic carbocycles. The molecule has 0 radical (unpaired) electrons. The maximum Gasteiger partial charge on any atom is 0.243 e. The summed E-state index contributed by atoms with van der Waals surface area (Å²) in [5.41, 5.74) is 1.18. The summed E-state index contributed by atoms with van der Waals surface area (Å²) in [7, 11) is -3.69. The van der Waals surface area contributed by atoms with Gasteiger partial charge >= 0.3 is 0 Å². The molecule has 1 aromatic heterocycles. The number of carbonyl (C=O) groups excluding carboxylic acids is 1. The number of hydrogen-bond donors (Lipinski definition) is 0. The van der Waals surface area contributed by atoms with Gasteiger partial charge in [0.2, 0.25) is 15.9 Å². The lowest BCUT2D eigenvalue weighted by Crippen LogP contribution is -2.44. The van der Waals surface area contributed by atoms with Gasteiger partial charge in [0, 0.05) is 30.4 Å². The second-order valence-electron chi connectivity index (χ2n) is 8.21. The summed E-state index contributed by atoms with van der Waals surface area (Å²) in [6.07, 6.45) is 1.73. The van der Waals surface area contributed by atoms with Crippen LogP contribution >= 0.6 is 11.3 Å². The zero-order valence-electron chi connectivity index (χ0n) is 18.3. The Balaban J connectivity index is 1.41. The van der Waals surface area contributed by atoms with Gasteiger partial charge in [0.25, 0.3) is 0 Å². The Hall–Kier alpha value is -2.55. The molecule has 4 rings (SSSR count). The molecule has 1 aliphatic heterocycles. The van der Waals surface area contributed by atoms with Crippen molar-refractivity contribution in [2.75, 3.05) is 19.6 Å². The van der Waals surface area contributed by atoms with E-state index in [1.54, 1.807) is 11.3 Å². The van der Waals surface area contributed by atoms with E-state index in [-0.39, 0.29) is 29.8 Å². The first-order chi connectivity index (χ1) is 15.9. The van der Waals surface area contributed by atoms with Crippen LogP contribution in [-0.4, -0.2) is 43.2 Å². The number of hydrogen-bond acceptors (Lipinski definition) is 4. The average Bonchev–Trinajstić information content (AvgIpc) is 3.35. The number of nitrogens with zero attached hydrogens (tertiary/aromatic N) is 2. The van der Waals surface area contributed by atoms with Crippen LogP contribution in [0.4, 0.5) is 4.39 Å². The molecule has 0 aliphatic carbocycles. The molecule has 0 N–H and O–H groups in total. The van der Waals surface area contributed by atoms with E-state index >= 15 is 0 Å². The molecular formula is C25H27FN2O3S2. The molecule has 174 valence electrons. The summed E-state index contributed by atoms with van der Waals surface area (Å²) in [6, 6.07) is 19.0. The molecule has 0 atom stereocenters. The van der Waals surface area contributed by atoms with Crippen molar-refractivity contribution in [2.45, 2.75) is 30.7 Å². The molecule has 1 saturated heterocycles. The van der Waals surface area contributed by atoms with E-state index in [1.807, 2.05) is 40.6 Å². The van der Waals surface area contributed by atoms with Gasteiger partial charge < -0.3 is 4.90 Å². The van der Waals surface area contributed by atoms with Crippen LogP contribution in [-0.2, 0) is 27.8 Å². The fourth-order valence-corrected chi connectivity index (χ4v) is 6.31. The number of carbonyl (C=O) groups is 1. The highest BCUT2D eigenvalue weighted by molar-refractivity contribution is 7.89. The van der Waals surface area contributed by atoms with E-state index in [0.29, 0.717) is 25.9 Å². The Morgan fingerprint density at radius 1 is 1.00 bits per heavy atom. The van der Waals surface area contributed by atoms with E-state index in [4.69, 9.17) is 0 Å². The lowest BCUT2D eigenvalue weighted by atomic mass is 9.96. The smallest absolute Gasteiger partial charge is 0.243 e. The largest absolute Gasteiger partial charge is 0.337 e. The van der Waals surface area contributed by atoms with Crippen molar-refractivity contribution in [3.05, 3.63) is 88.4 Å². The summed E-state index contributed by atoms with van der Waals surface area (Å²) in [6.45, 7) is 1.75. The first kappa shape index (κ1) is 23.6. The molecule has 3 aromatic rings. The van der Waals surface area contributed by atoms with E-state index in [9.17, 15) is 17.6 Å². The van der Waals surface area contributed by atoms with Gasteiger partial charge in [-0.1, -0.05) is 36.4 Å². The van der Waals surface area contributed by atoms with Crippen LogP contribution in [0.5, 0.6) is 0 Å². The van der Waals surface area contributed by atoms with Crippen LogP contribution in [0.15, 0.2) is 77.0 Å². The average molecular weight is 487 g/mol. The molecule has 8 heteroatoms. The number of thiophene rings is 1. The first-order valence-corrected chi connectivity index (χ1v) is 13.4. The van der Waals surface area contributed by atoms with Gasteiger partial charge in [0.1, 0.15) is 5.82 Å². The predicted molar refractivity (Wildman–Crippen MR) is 128 cm³/mol. The van der Waals surface area contributed by atoms with E-state index in [1.165, 1.54) is 22.0 Å². The number of piperidine rings is 1. The van der Waals surface area contributed by atoms with Gasteiger partial charge in [0.15, 0.2) is 0 Å². The summed E-state index contributed by atoms with van der Waals surface area (Å²) in [5, 5.41) is 2.01.